The number of allylic oxidation sites excluding steroid dienone is 1. The van der Waals surface area contributed by atoms with Gasteiger partial charge in [-0.3, -0.25) is 9.79 Å². The topological polar surface area (TPSA) is 67.5 Å². The van der Waals surface area contributed by atoms with Crippen molar-refractivity contribution >= 4 is 11.6 Å². The fraction of sp³-hybridized carbons (Fsp3) is 0.667. The van der Waals surface area contributed by atoms with E-state index in [9.17, 15) is 4.79 Å². The minimum atomic E-state index is 0.0912. The number of aliphatic imine (C=N–C) groups is 1. The molecule has 16 heavy (non-hydrogen) atoms. The predicted octanol–water partition coefficient (Wildman–Crippen LogP) is 1.62. The molecule has 0 spiro atoms. The Morgan fingerprint density at radius 3 is 2.75 bits per heavy atom. The zero-order valence-corrected chi connectivity index (χ0v) is 10.3. The second-order valence-electron chi connectivity index (χ2n) is 3.69. The zero-order valence-electron chi connectivity index (χ0n) is 10.3. The lowest BCUT2D eigenvalue weighted by atomic mass is 10.2. The first-order valence-electron chi connectivity index (χ1n) is 5.82. The summed E-state index contributed by atoms with van der Waals surface area (Å²) < 4.78 is 0. The largest absolute Gasteiger partial charge is 0.356 e. The van der Waals surface area contributed by atoms with Crippen LogP contribution in [0.25, 0.3) is 0 Å². The van der Waals surface area contributed by atoms with Gasteiger partial charge in [0.05, 0.1) is 0 Å². The molecule has 0 atom stereocenters. The maximum atomic E-state index is 11.2. The highest BCUT2D eigenvalue weighted by Crippen LogP contribution is 1.93. The molecule has 0 saturated carbocycles. The van der Waals surface area contributed by atoms with Crippen LogP contribution in [0.3, 0.4) is 0 Å². The van der Waals surface area contributed by atoms with E-state index >= 15 is 0 Å². The Bertz CT molecular complexity index is 247. The van der Waals surface area contributed by atoms with Gasteiger partial charge in [0.2, 0.25) is 5.91 Å². The van der Waals surface area contributed by atoms with Gasteiger partial charge in [-0.05, 0) is 39.7 Å². The fourth-order valence-electron chi connectivity index (χ4n) is 1.19. The highest BCUT2D eigenvalue weighted by atomic mass is 16.1. The molecule has 0 aliphatic heterocycles. The maximum absolute atomic E-state index is 11.2. The average molecular weight is 225 g/mol. The second-order valence-corrected chi connectivity index (χ2v) is 3.69. The quantitative estimate of drug-likeness (QED) is 0.487. The van der Waals surface area contributed by atoms with Gasteiger partial charge < -0.3 is 11.1 Å². The number of amides is 1. The van der Waals surface area contributed by atoms with Crippen molar-refractivity contribution in [3.05, 3.63) is 12.3 Å². The third-order valence-corrected chi connectivity index (χ3v) is 2.09. The number of carbonyl (C=O) groups excluding carboxylic acids is 1. The van der Waals surface area contributed by atoms with Crippen molar-refractivity contribution in [2.75, 3.05) is 13.1 Å². The van der Waals surface area contributed by atoms with Crippen molar-refractivity contribution < 1.29 is 4.79 Å². The highest BCUT2D eigenvalue weighted by molar-refractivity contribution is 5.82. The summed E-state index contributed by atoms with van der Waals surface area (Å²) in [4.78, 5) is 15.4. The van der Waals surface area contributed by atoms with Crippen LogP contribution in [-0.4, -0.2) is 24.7 Å². The molecule has 0 unspecified atom stereocenters. The molecule has 3 N–H and O–H groups in total. The summed E-state index contributed by atoms with van der Waals surface area (Å²) in [6.45, 7) is 5.22. The molecule has 0 saturated heterocycles. The molecule has 92 valence electrons. The van der Waals surface area contributed by atoms with Gasteiger partial charge in [0.25, 0.3) is 0 Å². The van der Waals surface area contributed by atoms with Crippen molar-refractivity contribution in [3.8, 4) is 0 Å². The first kappa shape index (κ1) is 14.8. The number of nitrogens with one attached hydrogen (secondary N) is 1. The Labute approximate surface area is 98.0 Å². The first-order chi connectivity index (χ1) is 7.70. The molecule has 0 bridgehead atoms. The number of nitrogens with two attached hydrogens (primary N) is 1. The fourth-order valence-corrected chi connectivity index (χ4v) is 1.19. The Hall–Kier alpha value is -1.16. The SMILES string of the molecule is C/C=C\N=C(C)CCCNC(=O)CCCN. The summed E-state index contributed by atoms with van der Waals surface area (Å²) >= 11 is 0. The number of hydrogen-bond acceptors (Lipinski definition) is 3. The van der Waals surface area contributed by atoms with Crippen LogP contribution in [0.1, 0.15) is 39.5 Å². The lowest BCUT2D eigenvalue weighted by Gasteiger charge is -2.04. The lowest BCUT2D eigenvalue weighted by Crippen LogP contribution is -2.25. The van der Waals surface area contributed by atoms with Gasteiger partial charge >= 0.3 is 0 Å². The van der Waals surface area contributed by atoms with Crippen molar-refractivity contribution in [2.24, 2.45) is 10.7 Å². The Balaban J connectivity index is 3.49. The van der Waals surface area contributed by atoms with Crippen molar-refractivity contribution in [1.29, 1.82) is 0 Å². The zero-order chi connectivity index (χ0) is 12.2. The average Bonchev–Trinajstić information content (AvgIpc) is 2.29. The Morgan fingerprint density at radius 1 is 1.38 bits per heavy atom. The van der Waals surface area contributed by atoms with Crippen LogP contribution in [0.5, 0.6) is 0 Å². The van der Waals surface area contributed by atoms with E-state index < -0.39 is 0 Å². The molecule has 0 aromatic carbocycles. The summed E-state index contributed by atoms with van der Waals surface area (Å²) in [5, 5.41) is 2.86. The molecule has 0 aliphatic carbocycles. The highest BCUT2D eigenvalue weighted by Gasteiger charge is 1.99. The number of carbonyl (C=O) groups is 1. The molecule has 0 fully saturated rings. The standard InChI is InChI=1S/C12H23N3O/c1-3-9-14-11(2)6-5-10-15-12(16)7-4-8-13/h3,9H,4-8,10,13H2,1-2H3,(H,15,16)/b9-3-,14-11?. The lowest BCUT2D eigenvalue weighted by molar-refractivity contribution is -0.121. The molecule has 4 nitrogen and oxygen atoms in total. The van der Waals surface area contributed by atoms with Crippen LogP contribution in [0.15, 0.2) is 17.3 Å². The maximum Gasteiger partial charge on any atom is 0.220 e. The molecular formula is C12H23N3O. The van der Waals surface area contributed by atoms with Gasteiger partial charge in [-0.25, -0.2) is 0 Å². The summed E-state index contributed by atoms with van der Waals surface area (Å²) in [7, 11) is 0. The van der Waals surface area contributed by atoms with Crippen LogP contribution in [0, 0.1) is 0 Å². The first-order valence-corrected chi connectivity index (χ1v) is 5.82. The summed E-state index contributed by atoms with van der Waals surface area (Å²) in [6, 6.07) is 0. The van der Waals surface area contributed by atoms with Crippen LogP contribution < -0.4 is 11.1 Å². The van der Waals surface area contributed by atoms with Gasteiger partial charge in [0.1, 0.15) is 0 Å². The predicted molar refractivity (Wildman–Crippen MR) is 68.5 cm³/mol. The summed E-state index contributed by atoms with van der Waals surface area (Å²) in [5.74, 6) is 0.0912. The van der Waals surface area contributed by atoms with E-state index in [2.05, 4.69) is 10.3 Å². The molecule has 0 radical (unpaired) electrons. The van der Waals surface area contributed by atoms with Crippen LogP contribution in [0.4, 0.5) is 0 Å². The third kappa shape index (κ3) is 9.40. The Kier molecular flexibility index (Phi) is 9.61. The van der Waals surface area contributed by atoms with Gasteiger partial charge in [-0.15, -0.1) is 0 Å². The molecule has 1 amide bonds. The van der Waals surface area contributed by atoms with E-state index in [-0.39, 0.29) is 5.91 Å². The van der Waals surface area contributed by atoms with E-state index in [1.807, 2.05) is 19.9 Å². The van der Waals surface area contributed by atoms with Gasteiger partial charge in [0.15, 0.2) is 0 Å². The molecule has 0 aromatic heterocycles. The van der Waals surface area contributed by atoms with Crippen molar-refractivity contribution in [3.63, 3.8) is 0 Å². The molecule has 0 aliphatic rings. The van der Waals surface area contributed by atoms with E-state index in [0.29, 0.717) is 19.5 Å². The van der Waals surface area contributed by atoms with Crippen molar-refractivity contribution in [1.82, 2.24) is 5.32 Å². The smallest absolute Gasteiger partial charge is 0.220 e. The van der Waals surface area contributed by atoms with Crippen LogP contribution in [-0.2, 0) is 4.79 Å². The molecule has 0 heterocycles. The van der Waals surface area contributed by atoms with Gasteiger partial charge in [0, 0.05) is 24.9 Å². The molecular weight excluding hydrogens is 202 g/mol. The number of hydrogen-bond donors (Lipinski definition) is 2. The second kappa shape index (κ2) is 10.4. The summed E-state index contributed by atoms with van der Waals surface area (Å²) in [6.07, 6.45) is 6.83. The minimum Gasteiger partial charge on any atom is -0.356 e. The molecule has 0 aromatic rings. The number of rotatable bonds is 8. The van der Waals surface area contributed by atoms with E-state index in [1.165, 1.54) is 0 Å². The van der Waals surface area contributed by atoms with E-state index in [4.69, 9.17) is 5.73 Å². The summed E-state index contributed by atoms with van der Waals surface area (Å²) in [5.41, 5.74) is 6.41. The molecule has 4 heteroatoms. The monoisotopic (exact) mass is 225 g/mol. The van der Waals surface area contributed by atoms with Gasteiger partial charge in [-0.1, -0.05) is 6.08 Å². The van der Waals surface area contributed by atoms with Crippen LogP contribution in [0.2, 0.25) is 0 Å². The van der Waals surface area contributed by atoms with E-state index in [1.54, 1.807) is 6.20 Å². The minimum absolute atomic E-state index is 0.0912. The Morgan fingerprint density at radius 2 is 2.12 bits per heavy atom. The third-order valence-electron chi connectivity index (χ3n) is 2.09. The van der Waals surface area contributed by atoms with E-state index in [0.717, 1.165) is 25.0 Å². The van der Waals surface area contributed by atoms with Crippen LogP contribution >= 0.6 is 0 Å². The normalized spacial score (nSPS) is 12.1. The molecule has 0 rings (SSSR count). The number of nitrogens with zero attached hydrogens (tertiary/aromatic N) is 1. The van der Waals surface area contributed by atoms with Gasteiger partial charge in [-0.2, -0.15) is 0 Å². The van der Waals surface area contributed by atoms with Crippen molar-refractivity contribution in [2.45, 2.75) is 39.5 Å².